The molecule has 0 unspecified atom stereocenters. The first kappa shape index (κ1) is 21.0. The van der Waals surface area contributed by atoms with E-state index >= 15 is 0 Å². The monoisotopic (exact) mass is 446 g/mol. The minimum absolute atomic E-state index is 0. The number of ether oxygens (including phenoxy) is 1. The lowest BCUT2D eigenvalue weighted by Gasteiger charge is -2.29. The van der Waals surface area contributed by atoms with Gasteiger partial charge in [-0.15, -0.1) is 24.0 Å². The Morgan fingerprint density at radius 1 is 1.29 bits per heavy atom. The van der Waals surface area contributed by atoms with Crippen molar-refractivity contribution in [3.63, 3.8) is 0 Å². The van der Waals surface area contributed by atoms with Crippen molar-refractivity contribution in [1.29, 1.82) is 0 Å². The number of aliphatic imine (C=N–C) groups is 1. The Morgan fingerprint density at radius 3 is 2.50 bits per heavy atom. The molecule has 1 fully saturated rings. The third kappa shape index (κ3) is 7.70. The van der Waals surface area contributed by atoms with Gasteiger partial charge in [0, 0.05) is 12.2 Å². The van der Waals surface area contributed by atoms with Crippen molar-refractivity contribution in [1.82, 2.24) is 4.90 Å². The minimum atomic E-state index is 0. The second kappa shape index (κ2) is 10.8. The Hall–Kier alpha value is -1.02. The van der Waals surface area contributed by atoms with Crippen molar-refractivity contribution in [3.8, 4) is 5.75 Å². The Bertz CT molecular complexity index is 496. The second-order valence-electron chi connectivity index (χ2n) is 6.61. The lowest BCUT2D eigenvalue weighted by molar-refractivity contribution is 0.197. The van der Waals surface area contributed by atoms with E-state index in [2.05, 4.69) is 22.1 Å². The van der Waals surface area contributed by atoms with Gasteiger partial charge in [0.15, 0.2) is 5.96 Å². The van der Waals surface area contributed by atoms with Crippen LogP contribution in [0, 0.1) is 5.92 Å². The number of guanidine groups is 1. The molecule has 0 aromatic heterocycles. The molecule has 5 nitrogen and oxygen atoms in total. The third-order valence-corrected chi connectivity index (χ3v) is 4.07. The quantitative estimate of drug-likeness (QED) is 0.399. The van der Waals surface area contributed by atoms with Crippen LogP contribution < -0.4 is 15.8 Å². The molecule has 0 aliphatic carbocycles. The molecule has 1 aliphatic heterocycles. The van der Waals surface area contributed by atoms with Gasteiger partial charge >= 0.3 is 0 Å². The molecule has 0 saturated carbocycles. The van der Waals surface area contributed by atoms with Gasteiger partial charge in [-0.2, -0.15) is 0 Å². The van der Waals surface area contributed by atoms with E-state index < -0.39 is 0 Å². The Kier molecular flexibility index (Phi) is 9.43. The SMILES string of the molecule is CC1CCN(CCN=C(N)Nc2ccc(OC(C)C)cc2)CC1.I. The van der Waals surface area contributed by atoms with Crippen molar-refractivity contribution >= 4 is 35.6 Å². The number of likely N-dealkylation sites (tertiary alicyclic amines) is 1. The van der Waals surface area contributed by atoms with Crippen LogP contribution in [0.1, 0.15) is 33.6 Å². The van der Waals surface area contributed by atoms with Crippen LogP contribution in [-0.2, 0) is 0 Å². The van der Waals surface area contributed by atoms with Gasteiger partial charge in [-0.25, -0.2) is 0 Å². The Morgan fingerprint density at radius 2 is 1.92 bits per heavy atom. The largest absolute Gasteiger partial charge is 0.491 e. The summed E-state index contributed by atoms with van der Waals surface area (Å²) < 4.78 is 5.62. The molecule has 1 heterocycles. The summed E-state index contributed by atoms with van der Waals surface area (Å²) >= 11 is 0. The summed E-state index contributed by atoms with van der Waals surface area (Å²) in [5.41, 5.74) is 6.88. The van der Waals surface area contributed by atoms with Crippen LogP contribution in [0.3, 0.4) is 0 Å². The van der Waals surface area contributed by atoms with Crippen LogP contribution in [0.4, 0.5) is 5.69 Å². The number of rotatable bonds is 6. The van der Waals surface area contributed by atoms with Crippen molar-refractivity contribution in [2.75, 3.05) is 31.5 Å². The molecular formula is C18H31IN4O. The molecule has 0 radical (unpaired) electrons. The molecule has 1 aliphatic rings. The fraction of sp³-hybridized carbons (Fsp3) is 0.611. The summed E-state index contributed by atoms with van der Waals surface area (Å²) in [6, 6.07) is 7.77. The number of piperidine rings is 1. The van der Waals surface area contributed by atoms with Gasteiger partial charge in [0.05, 0.1) is 12.6 Å². The maximum atomic E-state index is 5.95. The molecule has 136 valence electrons. The number of hydrogen-bond acceptors (Lipinski definition) is 3. The lowest BCUT2D eigenvalue weighted by atomic mass is 9.99. The number of nitrogens with zero attached hydrogens (tertiary/aromatic N) is 2. The van der Waals surface area contributed by atoms with E-state index in [-0.39, 0.29) is 30.1 Å². The molecule has 0 atom stereocenters. The molecule has 6 heteroatoms. The highest BCUT2D eigenvalue weighted by atomic mass is 127. The van der Waals surface area contributed by atoms with E-state index in [1.165, 1.54) is 25.9 Å². The van der Waals surface area contributed by atoms with Gasteiger partial charge in [-0.1, -0.05) is 6.92 Å². The highest BCUT2D eigenvalue weighted by Crippen LogP contribution is 2.17. The van der Waals surface area contributed by atoms with E-state index in [4.69, 9.17) is 10.5 Å². The lowest BCUT2D eigenvalue weighted by Crippen LogP contribution is -2.35. The zero-order valence-corrected chi connectivity index (χ0v) is 17.3. The van der Waals surface area contributed by atoms with Crippen molar-refractivity contribution in [3.05, 3.63) is 24.3 Å². The number of anilines is 1. The molecular weight excluding hydrogens is 415 g/mol. The summed E-state index contributed by atoms with van der Waals surface area (Å²) in [6.45, 7) is 10.4. The standard InChI is InChI=1S/C18H30N4O.HI/c1-14(2)23-17-6-4-16(5-7-17)21-18(19)20-10-13-22-11-8-15(3)9-12-22;/h4-7,14-15H,8-13H2,1-3H3,(H3,19,20,21);1H. The van der Waals surface area contributed by atoms with E-state index in [1.54, 1.807) is 0 Å². The van der Waals surface area contributed by atoms with Crippen molar-refractivity contribution in [2.45, 2.75) is 39.7 Å². The molecule has 24 heavy (non-hydrogen) atoms. The number of hydrogen-bond donors (Lipinski definition) is 2. The van der Waals surface area contributed by atoms with Gasteiger partial charge in [0.1, 0.15) is 5.75 Å². The van der Waals surface area contributed by atoms with Crippen LogP contribution in [-0.4, -0.2) is 43.1 Å². The van der Waals surface area contributed by atoms with E-state index in [9.17, 15) is 0 Å². The van der Waals surface area contributed by atoms with Gasteiger partial charge in [-0.3, -0.25) is 4.99 Å². The van der Waals surface area contributed by atoms with Crippen LogP contribution in [0.2, 0.25) is 0 Å². The average Bonchev–Trinajstić information content (AvgIpc) is 2.51. The minimum Gasteiger partial charge on any atom is -0.491 e. The van der Waals surface area contributed by atoms with Gasteiger partial charge in [0.2, 0.25) is 0 Å². The molecule has 0 amide bonds. The number of nitrogens with one attached hydrogen (secondary N) is 1. The topological polar surface area (TPSA) is 62.9 Å². The summed E-state index contributed by atoms with van der Waals surface area (Å²) in [5.74, 6) is 2.19. The molecule has 0 bridgehead atoms. The number of halogens is 1. The van der Waals surface area contributed by atoms with Gasteiger partial charge < -0.3 is 20.7 Å². The average molecular weight is 446 g/mol. The predicted octanol–water partition coefficient (Wildman–Crippen LogP) is 3.55. The summed E-state index contributed by atoms with van der Waals surface area (Å²) in [5, 5.41) is 3.12. The highest BCUT2D eigenvalue weighted by Gasteiger charge is 2.14. The molecule has 1 aromatic rings. The van der Waals surface area contributed by atoms with Crippen molar-refractivity contribution in [2.24, 2.45) is 16.6 Å². The predicted molar refractivity (Wildman–Crippen MR) is 113 cm³/mol. The fourth-order valence-corrected chi connectivity index (χ4v) is 2.67. The zero-order valence-electron chi connectivity index (χ0n) is 15.0. The Balaban J connectivity index is 0.00000288. The Labute approximate surface area is 163 Å². The second-order valence-corrected chi connectivity index (χ2v) is 6.61. The molecule has 2 rings (SSSR count). The molecule has 0 spiro atoms. The normalized spacial score (nSPS) is 16.8. The zero-order chi connectivity index (χ0) is 16.7. The van der Waals surface area contributed by atoms with Crippen LogP contribution in [0.25, 0.3) is 0 Å². The smallest absolute Gasteiger partial charge is 0.193 e. The summed E-state index contributed by atoms with van der Waals surface area (Å²) in [6.07, 6.45) is 2.77. The van der Waals surface area contributed by atoms with E-state index in [1.807, 2.05) is 38.1 Å². The molecule has 1 saturated heterocycles. The first-order valence-corrected chi connectivity index (χ1v) is 8.59. The summed E-state index contributed by atoms with van der Waals surface area (Å²) in [7, 11) is 0. The maximum absolute atomic E-state index is 5.95. The van der Waals surface area contributed by atoms with Crippen LogP contribution >= 0.6 is 24.0 Å². The van der Waals surface area contributed by atoms with Gasteiger partial charge in [0.25, 0.3) is 0 Å². The number of nitrogens with two attached hydrogens (primary N) is 1. The highest BCUT2D eigenvalue weighted by molar-refractivity contribution is 14.0. The maximum Gasteiger partial charge on any atom is 0.193 e. The fourth-order valence-electron chi connectivity index (χ4n) is 2.67. The first-order chi connectivity index (χ1) is 11.0. The van der Waals surface area contributed by atoms with Crippen LogP contribution in [0.15, 0.2) is 29.3 Å². The molecule has 3 N–H and O–H groups in total. The third-order valence-electron chi connectivity index (χ3n) is 4.07. The summed E-state index contributed by atoms with van der Waals surface area (Å²) in [4.78, 5) is 6.88. The first-order valence-electron chi connectivity index (χ1n) is 8.59. The van der Waals surface area contributed by atoms with E-state index in [0.29, 0.717) is 5.96 Å². The number of benzene rings is 1. The van der Waals surface area contributed by atoms with Crippen LogP contribution in [0.5, 0.6) is 5.75 Å². The van der Waals surface area contributed by atoms with Crippen molar-refractivity contribution < 1.29 is 4.74 Å². The van der Waals surface area contributed by atoms with Gasteiger partial charge in [-0.05, 0) is 70.0 Å². The molecule has 1 aromatic carbocycles. The van der Waals surface area contributed by atoms with E-state index in [0.717, 1.165) is 30.4 Å².